The summed E-state index contributed by atoms with van der Waals surface area (Å²) in [6.07, 6.45) is 1.77. The maximum atomic E-state index is 9.39. The molecular weight excluding hydrogens is 214 g/mol. The predicted octanol–water partition coefficient (Wildman–Crippen LogP) is 2.56. The predicted molar refractivity (Wildman–Crippen MR) is 66.9 cm³/mol. The molecule has 0 radical (unpaired) electrons. The van der Waals surface area contributed by atoms with Gasteiger partial charge in [-0.1, -0.05) is 0 Å². The highest BCUT2D eigenvalue weighted by Crippen LogP contribution is 2.26. The quantitative estimate of drug-likeness (QED) is 0.879. The van der Waals surface area contributed by atoms with E-state index in [9.17, 15) is 5.11 Å². The molecule has 1 aromatic carbocycles. The molecule has 0 aliphatic carbocycles. The number of aliphatic hydroxyl groups excluding tert-OH is 1. The molecule has 0 fully saturated rings. The number of ether oxygens (including phenoxy) is 1. The minimum atomic E-state index is -0.0256. The van der Waals surface area contributed by atoms with Gasteiger partial charge < -0.3 is 9.84 Å². The van der Waals surface area contributed by atoms with Crippen molar-refractivity contribution in [3.63, 3.8) is 0 Å². The number of aromatic nitrogens is 1. The molecule has 88 valence electrons. The maximum Gasteiger partial charge on any atom is 0.119 e. The van der Waals surface area contributed by atoms with Crippen molar-refractivity contribution in [2.24, 2.45) is 0 Å². The summed E-state index contributed by atoms with van der Waals surface area (Å²) >= 11 is 0. The first-order valence-corrected chi connectivity index (χ1v) is 5.45. The van der Waals surface area contributed by atoms with Crippen LogP contribution in [-0.2, 0) is 6.61 Å². The monoisotopic (exact) mass is 229 g/mol. The Morgan fingerprint density at radius 3 is 2.71 bits per heavy atom. The average Bonchev–Trinajstić information content (AvgIpc) is 2.38. The third kappa shape index (κ3) is 2.45. The zero-order valence-corrected chi connectivity index (χ0v) is 9.97. The summed E-state index contributed by atoms with van der Waals surface area (Å²) < 4.78 is 5.14. The van der Waals surface area contributed by atoms with Gasteiger partial charge in [-0.15, -0.1) is 0 Å². The Morgan fingerprint density at radius 1 is 1.24 bits per heavy atom. The van der Waals surface area contributed by atoms with E-state index < -0.39 is 0 Å². The molecule has 0 bridgehead atoms. The lowest BCUT2D eigenvalue weighted by atomic mass is 10.0. The van der Waals surface area contributed by atoms with Crippen molar-refractivity contribution < 1.29 is 9.84 Å². The fourth-order valence-electron chi connectivity index (χ4n) is 1.76. The minimum absolute atomic E-state index is 0.0256. The van der Waals surface area contributed by atoms with Crippen LogP contribution in [-0.4, -0.2) is 17.2 Å². The highest BCUT2D eigenvalue weighted by molar-refractivity contribution is 5.65. The van der Waals surface area contributed by atoms with Crippen LogP contribution in [0.3, 0.4) is 0 Å². The van der Waals surface area contributed by atoms with Gasteiger partial charge in [0.25, 0.3) is 0 Å². The molecule has 0 atom stereocenters. The summed E-state index contributed by atoms with van der Waals surface area (Å²) in [4.78, 5) is 4.32. The van der Waals surface area contributed by atoms with Crippen molar-refractivity contribution in [1.29, 1.82) is 0 Å². The first-order valence-electron chi connectivity index (χ1n) is 5.45. The Labute approximate surface area is 101 Å². The number of methoxy groups -OCH3 is 1. The highest BCUT2D eigenvalue weighted by atomic mass is 16.5. The SMILES string of the molecule is COc1ccc(-c2cc(C)ccn2)c(CO)c1. The summed E-state index contributed by atoms with van der Waals surface area (Å²) in [6, 6.07) is 9.58. The molecule has 1 N–H and O–H groups in total. The second kappa shape index (κ2) is 4.97. The number of nitrogens with zero attached hydrogens (tertiary/aromatic N) is 1. The Morgan fingerprint density at radius 2 is 2.06 bits per heavy atom. The van der Waals surface area contributed by atoms with Crippen LogP contribution in [0.15, 0.2) is 36.5 Å². The van der Waals surface area contributed by atoms with Crippen LogP contribution in [0, 0.1) is 6.92 Å². The van der Waals surface area contributed by atoms with Crippen LogP contribution in [0.1, 0.15) is 11.1 Å². The lowest BCUT2D eigenvalue weighted by Crippen LogP contribution is -1.93. The van der Waals surface area contributed by atoms with Crippen LogP contribution in [0.25, 0.3) is 11.3 Å². The largest absolute Gasteiger partial charge is 0.497 e. The summed E-state index contributed by atoms with van der Waals surface area (Å²) in [7, 11) is 1.61. The van der Waals surface area contributed by atoms with Crippen molar-refractivity contribution in [3.8, 4) is 17.0 Å². The summed E-state index contributed by atoms with van der Waals surface area (Å²) in [5.41, 5.74) is 3.78. The highest BCUT2D eigenvalue weighted by Gasteiger charge is 2.07. The number of pyridine rings is 1. The maximum absolute atomic E-state index is 9.39. The van der Waals surface area contributed by atoms with E-state index in [0.29, 0.717) is 0 Å². The molecule has 0 unspecified atom stereocenters. The van der Waals surface area contributed by atoms with Gasteiger partial charge in [-0.2, -0.15) is 0 Å². The van der Waals surface area contributed by atoms with Gasteiger partial charge in [0.2, 0.25) is 0 Å². The molecule has 2 aromatic rings. The molecule has 1 heterocycles. The third-order valence-corrected chi connectivity index (χ3v) is 2.67. The van der Waals surface area contributed by atoms with Crippen LogP contribution >= 0.6 is 0 Å². The fraction of sp³-hybridized carbons (Fsp3) is 0.214. The van der Waals surface area contributed by atoms with Crippen LogP contribution in [0.5, 0.6) is 5.75 Å². The van der Waals surface area contributed by atoms with Crippen molar-refractivity contribution in [2.75, 3.05) is 7.11 Å². The summed E-state index contributed by atoms with van der Waals surface area (Å²) in [5, 5.41) is 9.39. The van der Waals surface area contributed by atoms with Gasteiger partial charge in [0.05, 0.1) is 19.4 Å². The number of aryl methyl sites for hydroxylation is 1. The van der Waals surface area contributed by atoms with E-state index in [1.54, 1.807) is 13.3 Å². The number of hydrogen-bond donors (Lipinski definition) is 1. The van der Waals surface area contributed by atoms with Crippen molar-refractivity contribution in [1.82, 2.24) is 4.98 Å². The zero-order chi connectivity index (χ0) is 12.3. The van der Waals surface area contributed by atoms with E-state index in [-0.39, 0.29) is 6.61 Å². The minimum Gasteiger partial charge on any atom is -0.497 e. The molecule has 0 amide bonds. The molecule has 3 nitrogen and oxygen atoms in total. The number of hydrogen-bond acceptors (Lipinski definition) is 3. The van der Waals surface area contributed by atoms with E-state index in [1.807, 2.05) is 37.3 Å². The van der Waals surface area contributed by atoms with Crippen molar-refractivity contribution in [2.45, 2.75) is 13.5 Å². The van der Waals surface area contributed by atoms with Gasteiger partial charge in [-0.3, -0.25) is 4.98 Å². The second-order valence-electron chi connectivity index (χ2n) is 3.90. The molecule has 0 spiro atoms. The van der Waals surface area contributed by atoms with Crippen molar-refractivity contribution >= 4 is 0 Å². The normalized spacial score (nSPS) is 10.3. The first kappa shape index (κ1) is 11.6. The zero-order valence-electron chi connectivity index (χ0n) is 9.97. The summed E-state index contributed by atoms with van der Waals surface area (Å²) in [5.74, 6) is 0.741. The van der Waals surface area contributed by atoms with Gasteiger partial charge >= 0.3 is 0 Å². The Bertz CT molecular complexity index is 523. The van der Waals surface area contributed by atoms with Gasteiger partial charge in [0.15, 0.2) is 0 Å². The van der Waals surface area contributed by atoms with Gasteiger partial charge in [-0.25, -0.2) is 0 Å². The van der Waals surface area contributed by atoms with Crippen LogP contribution < -0.4 is 4.74 Å². The smallest absolute Gasteiger partial charge is 0.119 e. The topological polar surface area (TPSA) is 42.4 Å². The fourth-order valence-corrected chi connectivity index (χ4v) is 1.76. The number of benzene rings is 1. The number of aliphatic hydroxyl groups is 1. The Kier molecular flexibility index (Phi) is 3.40. The van der Waals surface area contributed by atoms with E-state index >= 15 is 0 Å². The van der Waals surface area contributed by atoms with Crippen molar-refractivity contribution in [3.05, 3.63) is 47.7 Å². The van der Waals surface area contributed by atoms with E-state index in [4.69, 9.17) is 4.74 Å². The number of rotatable bonds is 3. The van der Waals surface area contributed by atoms with Gasteiger partial charge in [-0.05, 0) is 48.4 Å². The van der Waals surface area contributed by atoms with E-state index in [2.05, 4.69) is 4.98 Å². The first-order chi connectivity index (χ1) is 8.24. The van der Waals surface area contributed by atoms with E-state index in [1.165, 1.54) is 0 Å². The van der Waals surface area contributed by atoms with E-state index in [0.717, 1.165) is 28.1 Å². The standard InChI is InChI=1S/C14H15NO2/c1-10-5-6-15-14(7-10)13-4-3-12(17-2)8-11(13)9-16/h3-8,16H,9H2,1-2H3. The van der Waals surface area contributed by atoms with Gasteiger partial charge in [0.1, 0.15) is 5.75 Å². The Hall–Kier alpha value is -1.87. The molecule has 2 rings (SSSR count). The third-order valence-electron chi connectivity index (χ3n) is 2.67. The summed E-state index contributed by atoms with van der Waals surface area (Å²) in [6.45, 7) is 2.00. The second-order valence-corrected chi connectivity index (χ2v) is 3.90. The van der Waals surface area contributed by atoms with Crippen LogP contribution in [0.2, 0.25) is 0 Å². The molecule has 1 aromatic heterocycles. The molecule has 0 saturated carbocycles. The molecule has 0 saturated heterocycles. The molecule has 0 aliphatic heterocycles. The molecule has 17 heavy (non-hydrogen) atoms. The molecule has 3 heteroatoms. The Balaban J connectivity index is 2.51. The lowest BCUT2D eigenvalue weighted by molar-refractivity contribution is 0.281. The molecular formula is C14H15NO2. The lowest BCUT2D eigenvalue weighted by Gasteiger charge is -2.09. The van der Waals surface area contributed by atoms with Crippen LogP contribution in [0.4, 0.5) is 0 Å². The molecule has 0 aliphatic rings. The van der Waals surface area contributed by atoms with Gasteiger partial charge in [0, 0.05) is 11.8 Å². The average molecular weight is 229 g/mol.